The fourth-order valence-corrected chi connectivity index (χ4v) is 18.2. The number of thiophene rings is 1. The smallest absolute Gasteiger partial charge is 0.246 e. The van der Waals surface area contributed by atoms with Crippen LogP contribution in [0.5, 0.6) is 5.75 Å². The van der Waals surface area contributed by atoms with Gasteiger partial charge in [0, 0.05) is 119 Å². The van der Waals surface area contributed by atoms with Crippen molar-refractivity contribution in [3.63, 3.8) is 0 Å². The summed E-state index contributed by atoms with van der Waals surface area (Å²) in [4.78, 5) is 266. The molecule has 136 heavy (non-hydrogen) atoms. The van der Waals surface area contributed by atoms with E-state index in [0.717, 1.165) is 41.0 Å². The van der Waals surface area contributed by atoms with Crippen LogP contribution in [0.15, 0.2) is 96.9 Å². The standard InChI is InChI=1S/C90H125N23O21S2/c1-9-11-22-69-89(133)111(8)71(43-134-10-2)84(128)101-59(21-16-29-96-90(93)94)78(122)108-67(77(121)98-40-74(92)118)45-135-46-75(119)100-63(32-50-25-27-54(115)28-26-50)85(129)109(6)49(5)76(120)104-65(37-73(91)117)87(131)112-30-17-23-68(112)82(126)103-61(35-53-39-95-47-99-53)80(124)105-62(31-48(3)4)88(132)113-41-55(116)36-70(113)83(127)102-60(33-51-38-97-58-20-14-12-18-56(51)58)79(123)107-66(42-114)81(125)106-64(86(130)110(69)7)34-52-44-136-72-24-15-13-19-57(52)72/h12-15,18-20,24-28,38-39,44,47-49,55,59-71,97,114-116H,9-11,16-17,21-23,29-37,40-43,45-46H2,1-8H3,(H2,91,117)(H2,92,118)(H,95,99)(H,98,121)(H,100,119)(H,101,128)(H,102,127)(H,103,126)(H,104,120)(H,105,124)(H,106,125)(H,107,123)(H,108,122)(H4,93,94,96)/t49-,55+,59-,60-,61-,62-,63-,64-,65-,66-,67?,68-,69-,70-,71-/m0/s1. The monoisotopic (exact) mass is 1930 g/mol. The van der Waals surface area contributed by atoms with E-state index in [-0.39, 0.29) is 95.6 Å². The van der Waals surface area contributed by atoms with Crippen molar-refractivity contribution in [2.24, 2.45) is 23.1 Å². The molecule has 23 N–H and O–H groups in total. The van der Waals surface area contributed by atoms with E-state index in [1.54, 1.807) is 74.8 Å². The Bertz CT molecular complexity index is 5250. The molecule has 0 saturated carbocycles. The number of nitrogens with zero attached hydrogens (tertiary/aromatic N) is 6. The zero-order chi connectivity index (χ0) is 99.3. The Morgan fingerprint density at radius 2 is 1.21 bits per heavy atom. The summed E-state index contributed by atoms with van der Waals surface area (Å²) in [6.07, 6.45) is 1.08. The molecule has 17 amide bonds. The number of unbranched alkanes of at least 4 members (excludes halogenated alkanes) is 1. The number of nitrogens with one attached hydrogen (secondary N) is 14. The van der Waals surface area contributed by atoms with Gasteiger partial charge in [-0.05, 0) is 110 Å². The molecular formula is C90H125N23O21S2. The molecule has 1 unspecified atom stereocenters. The number of H-pyrrole nitrogens is 2. The van der Waals surface area contributed by atoms with Crippen molar-refractivity contribution in [2.75, 3.05) is 78.6 Å². The molecule has 0 spiro atoms. The van der Waals surface area contributed by atoms with Gasteiger partial charge in [-0.1, -0.05) is 82.1 Å². The Hall–Kier alpha value is -13.3. The first-order valence-electron chi connectivity index (χ1n) is 45.0. The van der Waals surface area contributed by atoms with Crippen molar-refractivity contribution in [1.82, 2.24) is 97.9 Å². The Labute approximate surface area is 793 Å². The Morgan fingerprint density at radius 1 is 0.603 bits per heavy atom. The average Bonchev–Trinajstić information content (AvgIpc) is 1.53. The maximum Gasteiger partial charge on any atom is 0.246 e. The number of aromatic amines is 2. The zero-order valence-electron chi connectivity index (χ0n) is 77.2. The number of benzene rings is 3. The second-order valence-electron chi connectivity index (χ2n) is 34.4. The van der Waals surface area contributed by atoms with Gasteiger partial charge in [-0.2, -0.15) is 0 Å². The third-order valence-corrected chi connectivity index (χ3v) is 25.9. The molecule has 0 radical (unpaired) electrons. The molecule has 6 aromatic rings. The quantitative estimate of drug-likeness (QED) is 0.0143. The zero-order valence-corrected chi connectivity index (χ0v) is 78.8. The van der Waals surface area contributed by atoms with E-state index in [1.807, 2.05) is 13.0 Å². The molecule has 3 fully saturated rings. The van der Waals surface area contributed by atoms with Gasteiger partial charge in [0.1, 0.15) is 90.3 Å². The summed E-state index contributed by atoms with van der Waals surface area (Å²) >= 11 is 2.08. The van der Waals surface area contributed by atoms with E-state index in [4.69, 9.17) is 27.3 Å². The number of aromatic hydroxyl groups is 1. The Kier molecular flexibility index (Phi) is 39.8. The summed E-state index contributed by atoms with van der Waals surface area (Å²) in [5, 5.41) is 72.8. The van der Waals surface area contributed by atoms with Gasteiger partial charge in [0.05, 0.1) is 44.4 Å². The van der Waals surface area contributed by atoms with Crippen LogP contribution in [0.1, 0.15) is 121 Å². The van der Waals surface area contributed by atoms with Gasteiger partial charge in [-0.15, -0.1) is 23.1 Å². The molecular weight excluding hydrogens is 1800 g/mol. The van der Waals surface area contributed by atoms with Gasteiger partial charge in [-0.25, -0.2) is 4.98 Å². The van der Waals surface area contributed by atoms with Gasteiger partial charge in [0.25, 0.3) is 0 Å². The number of fused-ring (bicyclic) bond motifs is 4. The first-order chi connectivity index (χ1) is 64.8. The third kappa shape index (κ3) is 29.6. The summed E-state index contributed by atoms with van der Waals surface area (Å²) in [5.41, 5.74) is 19.1. The summed E-state index contributed by atoms with van der Waals surface area (Å²) in [6, 6.07) is -2.54. The molecule has 9 rings (SSSR count). The van der Waals surface area contributed by atoms with Gasteiger partial charge in [0.2, 0.25) is 100 Å². The molecule has 3 aliphatic heterocycles. The Balaban J connectivity index is 1.10. The number of carbonyl (C=O) groups excluding carboxylic acids is 17. The number of aromatic nitrogens is 3. The maximum atomic E-state index is 15.8. The topological polar surface area (TPSA) is 655 Å². The predicted octanol–water partition coefficient (Wildman–Crippen LogP) is -3.35. The van der Waals surface area contributed by atoms with Crippen LogP contribution in [0.4, 0.5) is 0 Å². The number of para-hydroxylation sites is 1. The SMILES string of the molecule is CCCC[C@H]1C(=O)N(C)[C@@H](COCC)C(=O)N[C@@H](CCCNC(=N)N)C(=O)NC(C(=O)NCC(N)=O)CSCC(=O)N[C@@H](Cc2ccc(O)cc2)C(=O)N(C)[C@@H](C)C(=O)N[C@@H](CC(N)=O)C(=O)N2CCC[C@H]2C(=O)N[C@@H](Cc2cnc[nH]2)C(=O)N[C@@H](CC(C)C)C(=O)N2C[C@H](O)C[C@H]2C(=O)N[C@@H](Cc2c[nH]c3ccccc23)C(=O)N[C@@H](CO)C(=O)N[C@@H](Cc2csc3ccccc23)C(=O)N1C. The van der Waals surface area contributed by atoms with Crippen LogP contribution in [0, 0.1) is 11.3 Å². The van der Waals surface area contributed by atoms with Crippen LogP contribution in [0.3, 0.4) is 0 Å². The average molecular weight is 1930 g/mol. The van der Waals surface area contributed by atoms with Crippen LogP contribution >= 0.6 is 23.1 Å². The molecule has 3 aromatic heterocycles. The number of likely N-dealkylation sites (N-methyl/N-ethyl adjacent to an activating group) is 3. The second kappa shape index (κ2) is 50.8. The minimum atomic E-state index is -1.90. The van der Waals surface area contributed by atoms with Crippen molar-refractivity contribution in [3.8, 4) is 5.75 Å². The number of guanidine groups is 1. The number of rotatable bonds is 26. The molecule has 44 nitrogen and oxygen atoms in total. The van der Waals surface area contributed by atoms with Crippen molar-refractivity contribution < 1.29 is 102 Å². The van der Waals surface area contributed by atoms with Crippen molar-refractivity contribution >= 4 is 150 Å². The fourth-order valence-electron chi connectivity index (χ4n) is 16.4. The van der Waals surface area contributed by atoms with Crippen LogP contribution in [0.2, 0.25) is 0 Å². The lowest BCUT2D eigenvalue weighted by atomic mass is 10.0. The molecule has 738 valence electrons. The number of phenolic OH excluding ortho intramolecular Hbond substituents is 1. The van der Waals surface area contributed by atoms with Crippen LogP contribution in [-0.4, -0.2) is 330 Å². The summed E-state index contributed by atoms with van der Waals surface area (Å²) in [7, 11) is 3.80. The molecule has 46 heteroatoms. The highest BCUT2D eigenvalue weighted by atomic mass is 32.2. The van der Waals surface area contributed by atoms with E-state index in [0.29, 0.717) is 51.5 Å². The number of primary amides is 2. The highest BCUT2D eigenvalue weighted by Crippen LogP contribution is 2.30. The first-order valence-corrected chi connectivity index (χ1v) is 47.1. The van der Waals surface area contributed by atoms with E-state index < -0.39 is 248 Å². The number of aliphatic hydroxyl groups is 2. The van der Waals surface area contributed by atoms with Gasteiger partial charge in [-0.3, -0.25) is 86.9 Å². The highest BCUT2D eigenvalue weighted by molar-refractivity contribution is 8.00. The highest BCUT2D eigenvalue weighted by Gasteiger charge is 2.47. The minimum Gasteiger partial charge on any atom is -0.508 e. The summed E-state index contributed by atoms with van der Waals surface area (Å²) in [5.74, 6) is -18.4. The van der Waals surface area contributed by atoms with Crippen molar-refractivity contribution in [1.29, 1.82) is 5.41 Å². The van der Waals surface area contributed by atoms with E-state index in [2.05, 4.69) is 73.4 Å². The van der Waals surface area contributed by atoms with Crippen LogP contribution in [0.25, 0.3) is 21.0 Å². The number of hydrogen-bond donors (Lipinski definition) is 20. The van der Waals surface area contributed by atoms with E-state index >= 15 is 38.4 Å². The summed E-state index contributed by atoms with van der Waals surface area (Å²) < 4.78 is 6.64. The lowest BCUT2D eigenvalue weighted by Gasteiger charge is -2.36. The first kappa shape index (κ1) is 106. The molecule has 15 atom stereocenters. The van der Waals surface area contributed by atoms with E-state index in [9.17, 15) is 58.5 Å². The molecule has 0 aliphatic carbocycles. The number of phenols is 1. The number of carbonyl (C=O) groups is 17. The van der Waals surface area contributed by atoms with Gasteiger partial charge >= 0.3 is 0 Å². The molecule has 3 aliphatic rings. The van der Waals surface area contributed by atoms with Crippen LogP contribution in [-0.2, 0) is 112 Å². The molecule has 3 saturated heterocycles. The molecule has 3 aromatic carbocycles. The molecule has 6 heterocycles. The maximum absolute atomic E-state index is 15.8. The van der Waals surface area contributed by atoms with Crippen LogP contribution < -0.4 is 75.7 Å². The van der Waals surface area contributed by atoms with Crippen molar-refractivity contribution in [3.05, 3.63) is 119 Å². The lowest BCUT2D eigenvalue weighted by molar-refractivity contribution is -0.150. The van der Waals surface area contributed by atoms with Gasteiger partial charge < -0.3 is 130 Å². The van der Waals surface area contributed by atoms with E-state index in [1.165, 1.54) is 76.2 Å². The number of imidazole rings is 1. The Morgan fingerprint density at radius 3 is 1.87 bits per heavy atom. The number of ether oxygens (including phenoxy) is 1. The normalized spacial score (nSPS) is 24.7. The lowest BCUT2D eigenvalue weighted by Crippen LogP contribution is -2.62. The number of amides is 17. The third-order valence-electron chi connectivity index (χ3n) is 23.9. The number of nitrogens with two attached hydrogens (primary N) is 3. The second-order valence-corrected chi connectivity index (χ2v) is 36.3. The minimum absolute atomic E-state index is 0.00397. The number of hydrogen-bond acceptors (Lipinski definition) is 25. The summed E-state index contributed by atoms with van der Waals surface area (Å²) in [6.45, 7) is 5.18. The largest absolute Gasteiger partial charge is 0.508 e. The van der Waals surface area contributed by atoms with Crippen molar-refractivity contribution in [2.45, 2.75) is 215 Å². The fraction of sp³-hybridized carbons (Fsp3) is 0.522. The van der Waals surface area contributed by atoms with Gasteiger partial charge in [0.15, 0.2) is 5.96 Å². The number of aliphatic hydroxyl groups excluding tert-OH is 2. The molecule has 0 bridgehead atoms. The number of thioether (sulfide) groups is 1. The predicted molar refractivity (Wildman–Crippen MR) is 500 cm³/mol.